The first-order chi connectivity index (χ1) is 16.9. The number of ether oxygens (including phenoxy) is 1. The monoisotopic (exact) mass is 491 g/mol. The molecule has 4 rings (SSSR count). The predicted octanol–water partition coefficient (Wildman–Crippen LogP) is 4.77. The summed E-state index contributed by atoms with van der Waals surface area (Å²) >= 11 is 1.18. The molecule has 1 heterocycles. The molecule has 0 spiro atoms. The molecule has 1 saturated heterocycles. The van der Waals surface area contributed by atoms with E-state index >= 15 is 0 Å². The second-order valence-electron chi connectivity index (χ2n) is 7.71. The molecule has 0 saturated carbocycles. The van der Waals surface area contributed by atoms with Gasteiger partial charge in [-0.3, -0.25) is 14.5 Å². The number of carbonyl (C=O) groups is 3. The summed E-state index contributed by atoms with van der Waals surface area (Å²) in [7, 11) is 1.29. The van der Waals surface area contributed by atoms with Crippen LogP contribution in [-0.2, 0) is 20.9 Å². The number of hydrogen-bond acceptors (Lipinski definition) is 6. The van der Waals surface area contributed by atoms with Crippen molar-refractivity contribution in [2.75, 3.05) is 12.4 Å². The largest absolute Gasteiger partial charge is 0.465 e. The molecular formula is C26H22FN3O4S. The molecule has 1 fully saturated rings. The molecule has 1 atom stereocenters. The number of halogens is 1. The molecule has 2 amide bonds. The first kappa shape index (κ1) is 24.2. The number of benzene rings is 3. The maximum absolute atomic E-state index is 13.7. The van der Waals surface area contributed by atoms with Crippen LogP contribution < -0.4 is 5.32 Å². The van der Waals surface area contributed by atoms with Crippen molar-refractivity contribution in [3.05, 3.63) is 95.8 Å². The highest BCUT2D eigenvalue weighted by molar-refractivity contribution is 8.15. The van der Waals surface area contributed by atoms with Crippen LogP contribution in [0.5, 0.6) is 0 Å². The number of amides is 2. The first-order valence-electron chi connectivity index (χ1n) is 10.8. The third kappa shape index (κ3) is 6.13. The van der Waals surface area contributed by atoms with Crippen molar-refractivity contribution < 1.29 is 23.5 Å². The van der Waals surface area contributed by atoms with Gasteiger partial charge < -0.3 is 10.1 Å². The van der Waals surface area contributed by atoms with Gasteiger partial charge in [-0.25, -0.2) is 14.2 Å². The number of carbonyl (C=O) groups excluding carboxylic acids is 3. The van der Waals surface area contributed by atoms with E-state index in [1.807, 2.05) is 30.3 Å². The summed E-state index contributed by atoms with van der Waals surface area (Å²) in [5.41, 5.74) is 2.15. The Kier molecular flexibility index (Phi) is 7.57. The molecule has 3 aromatic carbocycles. The number of anilines is 1. The van der Waals surface area contributed by atoms with Gasteiger partial charge in [-0.2, -0.15) is 0 Å². The zero-order valence-corrected chi connectivity index (χ0v) is 19.6. The van der Waals surface area contributed by atoms with Gasteiger partial charge in [0, 0.05) is 12.1 Å². The molecule has 1 N–H and O–H groups in total. The Labute approximate surface area is 206 Å². The van der Waals surface area contributed by atoms with E-state index < -0.39 is 17.0 Å². The molecule has 1 aliphatic rings. The lowest BCUT2D eigenvalue weighted by atomic mass is 10.2. The maximum Gasteiger partial charge on any atom is 0.337 e. The van der Waals surface area contributed by atoms with Crippen LogP contribution >= 0.6 is 11.8 Å². The van der Waals surface area contributed by atoms with Crippen molar-refractivity contribution in [1.29, 1.82) is 0 Å². The molecule has 1 aliphatic heterocycles. The van der Waals surface area contributed by atoms with Crippen LogP contribution in [0.3, 0.4) is 0 Å². The fourth-order valence-electron chi connectivity index (χ4n) is 3.48. The molecule has 0 bridgehead atoms. The zero-order chi connectivity index (χ0) is 24.8. The molecule has 7 nitrogen and oxygen atoms in total. The number of nitrogens with zero attached hydrogens (tertiary/aromatic N) is 2. The fraction of sp³-hybridized carbons (Fsp3) is 0.154. The molecule has 9 heteroatoms. The number of amidine groups is 1. The van der Waals surface area contributed by atoms with Gasteiger partial charge in [0.1, 0.15) is 11.1 Å². The normalized spacial score (nSPS) is 16.4. The topological polar surface area (TPSA) is 88.1 Å². The van der Waals surface area contributed by atoms with E-state index in [2.05, 4.69) is 15.0 Å². The van der Waals surface area contributed by atoms with Crippen LogP contribution in [0.1, 0.15) is 22.3 Å². The van der Waals surface area contributed by atoms with E-state index in [1.54, 1.807) is 36.4 Å². The lowest BCUT2D eigenvalue weighted by molar-refractivity contribution is -0.128. The summed E-state index contributed by atoms with van der Waals surface area (Å²) in [4.78, 5) is 43.5. The van der Waals surface area contributed by atoms with Crippen LogP contribution in [0.15, 0.2) is 83.9 Å². The van der Waals surface area contributed by atoms with Crippen molar-refractivity contribution in [3.8, 4) is 0 Å². The summed E-state index contributed by atoms with van der Waals surface area (Å²) < 4.78 is 18.3. The van der Waals surface area contributed by atoms with Gasteiger partial charge in [0.05, 0.1) is 24.9 Å². The lowest BCUT2D eigenvalue weighted by Crippen LogP contribution is -2.33. The highest BCUT2D eigenvalue weighted by Gasteiger charge is 2.39. The maximum atomic E-state index is 13.7. The molecule has 178 valence electrons. The summed E-state index contributed by atoms with van der Waals surface area (Å²) in [6.45, 7) is 0.286. The quantitative estimate of drug-likeness (QED) is 0.481. The zero-order valence-electron chi connectivity index (χ0n) is 18.8. The standard InChI is InChI=1S/C26H22FN3O4S/c1-34-25(33)18-10-12-20(13-11-18)28-23(31)15-22-24(32)30(16-17-6-3-2-4-7-17)26(35-22)29-21-9-5-8-19(27)14-21/h2-14,22H,15-16H2,1H3,(H,28,31)/t22-/m0/s1. The van der Waals surface area contributed by atoms with Gasteiger partial charge in [0.25, 0.3) is 0 Å². The van der Waals surface area contributed by atoms with Crippen molar-refractivity contribution in [2.45, 2.75) is 18.2 Å². The molecule has 35 heavy (non-hydrogen) atoms. The SMILES string of the molecule is COC(=O)c1ccc(NC(=O)C[C@@H]2SC(=Nc3cccc(F)c3)N(Cc3ccccc3)C2=O)cc1. The van der Waals surface area contributed by atoms with Gasteiger partial charge >= 0.3 is 5.97 Å². The summed E-state index contributed by atoms with van der Waals surface area (Å²) in [6.07, 6.45) is -0.0737. The van der Waals surface area contributed by atoms with Crippen LogP contribution in [0.2, 0.25) is 0 Å². The van der Waals surface area contributed by atoms with Crippen molar-refractivity contribution >= 4 is 46.1 Å². The Bertz CT molecular complexity index is 1270. The van der Waals surface area contributed by atoms with E-state index in [4.69, 9.17) is 0 Å². The molecule has 3 aromatic rings. The number of methoxy groups -OCH3 is 1. The summed E-state index contributed by atoms with van der Waals surface area (Å²) in [5.74, 6) is -1.50. The second-order valence-corrected chi connectivity index (χ2v) is 8.88. The van der Waals surface area contributed by atoms with Crippen molar-refractivity contribution in [1.82, 2.24) is 4.90 Å². The molecular weight excluding hydrogens is 469 g/mol. The summed E-state index contributed by atoms with van der Waals surface area (Å²) in [5, 5.41) is 2.47. The smallest absolute Gasteiger partial charge is 0.337 e. The van der Waals surface area contributed by atoms with E-state index in [0.717, 1.165) is 5.56 Å². The molecule has 0 radical (unpaired) electrons. The van der Waals surface area contributed by atoms with Crippen LogP contribution in [0.4, 0.5) is 15.8 Å². The third-order valence-corrected chi connectivity index (χ3v) is 6.37. The van der Waals surface area contributed by atoms with Gasteiger partial charge in [0.15, 0.2) is 5.17 Å². The highest BCUT2D eigenvalue weighted by atomic mass is 32.2. The van der Waals surface area contributed by atoms with Gasteiger partial charge in [-0.05, 0) is 48.0 Å². The molecule has 0 unspecified atom stereocenters. The minimum Gasteiger partial charge on any atom is -0.465 e. The molecule has 0 aromatic heterocycles. The number of esters is 1. The average molecular weight is 492 g/mol. The Balaban J connectivity index is 1.50. The van der Waals surface area contributed by atoms with Gasteiger partial charge in [-0.1, -0.05) is 48.2 Å². The fourth-order valence-corrected chi connectivity index (χ4v) is 4.64. The highest BCUT2D eigenvalue weighted by Crippen LogP contribution is 2.33. The number of rotatable bonds is 7. The van der Waals surface area contributed by atoms with Crippen LogP contribution in [-0.4, -0.2) is 40.2 Å². The Morgan fingerprint density at radius 3 is 2.49 bits per heavy atom. The van der Waals surface area contributed by atoms with E-state index in [-0.39, 0.29) is 24.8 Å². The van der Waals surface area contributed by atoms with E-state index in [0.29, 0.717) is 22.1 Å². The Morgan fingerprint density at radius 2 is 1.80 bits per heavy atom. The van der Waals surface area contributed by atoms with Crippen molar-refractivity contribution in [2.24, 2.45) is 4.99 Å². The minimum atomic E-state index is -0.680. The average Bonchev–Trinajstić information content (AvgIpc) is 3.13. The first-order valence-corrected chi connectivity index (χ1v) is 11.7. The Morgan fingerprint density at radius 1 is 1.06 bits per heavy atom. The number of aliphatic imine (C=N–C) groups is 1. The van der Waals surface area contributed by atoms with Gasteiger partial charge in [0.2, 0.25) is 11.8 Å². The number of thioether (sulfide) groups is 1. The van der Waals surface area contributed by atoms with E-state index in [1.165, 1.54) is 35.9 Å². The van der Waals surface area contributed by atoms with E-state index in [9.17, 15) is 18.8 Å². The third-order valence-electron chi connectivity index (χ3n) is 5.20. The second kappa shape index (κ2) is 11.0. The number of hydrogen-bond donors (Lipinski definition) is 1. The van der Waals surface area contributed by atoms with Crippen LogP contribution in [0.25, 0.3) is 0 Å². The van der Waals surface area contributed by atoms with Crippen LogP contribution in [0, 0.1) is 5.82 Å². The summed E-state index contributed by atoms with van der Waals surface area (Å²) in [6, 6.07) is 21.5. The van der Waals surface area contributed by atoms with Crippen molar-refractivity contribution in [3.63, 3.8) is 0 Å². The minimum absolute atomic E-state index is 0.0737. The van der Waals surface area contributed by atoms with Gasteiger partial charge in [-0.15, -0.1) is 0 Å². The Hall–Kier alpha value is -3.98. The lowest BCUT2D eigenvalue weighted by Gasteiger charge is -2.16. The number of nitrogens with one attached hydrogen (secondary N) is 1. The predicted molar refractivity (Wildman–Crippen MR) is 133 cm³/mol. The molecule has 0 aliphatic carbocycles.